The number of rotatable bonds is 6. The monoisotopic (exact) mass is 659 g/mol. The summed E-state index contributed by atoms with van der Waals surface area (Å²) in [6.07, 6.45) is -6.72. The summed E-state index contributed by atoms with van der Waals surface area (Å²) in [6, 6.07) is 6.81. The second-order valence-corrected chi connectivity index (χ2v) is 13.8. The Morgan fingerprint density at radius 2 is 1.42 bits per heavy atom. The number of hydrogen-bond acceptors (Lipinski definition) is 4. The highest BCUT2D eigenvalue weighted by Gasteiger charge is 2.41. The van der Waals surface area contributed by atoms with Gasteiger partial charge in [-0.15, -0.1) is 0 Å². The van der Waals surface area contributed by atoms with E-state index in [1.165, 1.54) is 49.6 Å². The van der Waals surface area contributed by atoms with E-state index >= 15 is 0 Å². The average Bonchev–Trinajstić information content (AvgIpc) is 2.94. The summed E-state index contributed by atoms with van der Waals surface area (Å²) in [5, 5.41) is 0. The minimum atomic E-state index is -5.09. The van der Waals surface area contributed by atoms with Gasteiger partial charge < -0.3 is 4.90 Å². The SMILES string of the molecule is Cc1cc(F)ccc1-c1cc(C2CCN(S(C)(=O)=O)CC2)ncc1N(C)C(=O)C(C)(C)c1cc(C(F)(F)F)cc(C(F)(F)F)c1. The van der Waals surface area contributed by atoms with Crippen LogP contribution < -0.4 is 4.90 Å². The lowest BCUT2D eigenvalue weighted by molar-refractivity contribution is -0.143. The van der Waals surface area contributed by atoms with Crippen molar-refractivity contribution < 1.29 is 43.9 Å². The Morgan fingerprint density at radius 1 is 0.889 bits per heavy atom. The van der Waals surface area contributed by atoms with Crippen LogP contribution in [0.4, 0.5) is 36.4 Å². The van der Waals surface area contributed by atoms with E-state index in [9.17, 15) is 43.9 Å². The Hall–Kier alpha value is -3.52. The Kier molecular flexibility index (Phi) is 9.17. The van der Waals surface area contributed by atoms with Gasteiger partial charge in [0.05, 0.1) is 34.7 Å². The topological polar surface area (TPSA) is 70.6 Å². The van der Waals surface area contributed by atoms with Crippen molar-refractivity contribution in [2.75, 3.05) is 31.3 Å². The number of nitrogens with zero attached hydrogens (tertiary/aromatic N) is 3. The summed E-state index contributed by atoms with van der Waals surface area (Å²) < 4.78 is 121. The minimum Gasteiger partial charge on any atom is -0.313 e. The summed E-state index contributed by atoms with van der Waals surface area (Å²) in [6.45, 7) is 4.69. The number of carbonyl (C=O) groups is 1. The zero-order valence-electron chi connectivity index (χ0n) is 25.1. The molecule has 1 saturated heterocycles. The number of piperidine rings is 1. The molecule has 0 atom stereocenters. The molecule has 1 amide bonds. The number of hydrogen-bond donors (Lipinski definition) is 0. The maximum atomic E-state index is 14.0. The molecule has 1 aliphatic rings. The molecule has 244 valence electrons. The second kappa shape index (κ2) is 12.0. The second-order valence-electron chi connectivity index (χ2n) is 11.8. The first-order valence-electron chi connectivity index (χ1n) is 13.9. The smallest absolute Gasteiger partial charge is 0.313 e. The summed E-state index contributed by atoms with van der Waals surface area (Å²) in [5.41, 5.74) is -3.15. The van der Waals surface area contributed by atoms with Crippen LogP contribution in [0.5, 0.6) is 0 Å². The largest absolute Gasteiger partial charge is 0.416 e. The number of alkyl halides is 6. The van der Waals surface area contributed by atoms with Crippen LogP contribution in [-0.4, -0.2) is 50.0 Å². The zero-order valence-corrected chi connectivity index (χ0v) is 26.0. The number of aromatic nitrogens is 1. The van der Waals surface area contributed by atoms with Crippen molar-refractivity contribution in [1.29, 1.82) is 0 Å². The molecular formula is C31H32F7N3O3S. The first kappa shape index (κ1) is 34.4. The number of amides is 1. The van der Waals surface area contributed by atoms with Gasteiger partial charge in [0.1, 0.15) is 5.82 Å². The molecule has 1 fully saturated rings. The number of pyridine rings is 1. The number of aryl methyl sites for hydroxylation is 1. The maximum absolute atomic E-state index is 14.0. The zero-order chi connectivity index (χ0) is 33.7. The predicted octanol–water partition coefficient (Wildman–Crippen LogP) is 7.31. The molecule has 0 N–H and O–H groups in total. The molecule has 0 saturated carbocycles. The lowest BCUT2D eigenvalue weighted by Crippen LogP contribution is -2.42. The summed E-state index contributed by atoms with van der Waals surface area (Å²) in [5.74, 6) is -1.46. The van der Waals surface area contributed by atoms with Crippen LogP contribution in [0, 0.1) is 12.7 Å². The standard InChI is InChI=1S/C31H32F7N3O3S/c1-18-12-23(32)6-7-24(18)25-16-26(19-8-10-41(11-9-19)45(5,43)44)39-17-27(25)40(4)28(42)29(2,3)20-13-21(30(33,34)35)15-22(14-20)31(36,37)38/h6-7,12-17,19H,8-11H2,1-5H3. The van der Waals surface area contributed by atoms with E-state index in [2.05, 4.69) is 4.98 Å². The first-order chi connectivity index (χ1) is 20.6. The number of benzene rings is 2. The van der Waals surface area contributed by atoms with Crippen LogP contribution in [0.3, 0.4) is 0 Å². The van der Waals surface area contributed by atoms with Crippen LogP contribution in [0.1, 0.15) is 60.6 Å². The number of sulfonamides is 1. The van der Waals surface area contributed by atoms with Crippen molar-refractivity contribution in [2.45, 2.75) is 57.3 Å². The highest BCUT2D eigenvalue weighted by molar-refractivity contribution is 7.88. The summed E-state index contributed by atoms with van der Waals surface area (Å²) in [7, 11) is -2.03. The molecule has 6 nitrogen and oxygen atoms in total. The third-order valence-corrected chi connectivity index (χ3v) is 9.54. The first-order valence-corrected chi connectivity index (χ1v) is 15.7. The highest BCUT2D eigenvalue weighted by atomic mass is 32.2. The molecule has 45 heavy (non-hydrogen) atoms. The molecule has 4 rings (SSSR count). The molecule has 2 aromatic carbocycles. The van der Waals surface area contributed by atoms with E-state index in [1.54, 1.807) is 13.0 Å². The molecule has 0 aliphatic carbocycles. The van der Waals surface area contributed by atoms with Gasteiger partial charge in [-0.25, -0.2) is 17.1 Å². The summed E-state index contributed by atoms with van der Waals surface area (Å²) in [4.78, 5) is 19.6. The van der Waals surface area contributed by atoms with Crippen molar-refractivity contribution in [3.05, 3.63) is 82.4 Å². The van der Waals surface area contributed by atoms with E-state index in [0.717, 1.165) is 11.2 Å². The van der Waals surface area contributed by atoms with Gasteiger partial charge in [-0.2, -0.15) is 26.3 Å². The minimum absolute atomic E-state index is 0.00619. The Labute approximate surface area is 256 Å². The van der Waals surface area contributed by atoms with Gasteiger partial charge in [-0.1, -0.05) is 6.07 Å². The van der Waals surface area contributed by atoms with E-state index in [-0.39, 0.29) is 30.8 Å². The fourth-order valence-corrected chi connectivity index (χ4v) is 6.43. The van der Waals surface area contributed by atoms with Crippen molar-refractivity contribution in [2.24, 2.45) is 0 Å². The van der Waals surface area contributed by atoms with Crippen molar-refractivity contribution in [1.82, 2.24) is 9.29 Å². The average molecular weight is 660 g/mol. The van der Waals surface area contributed by atoms with Crippen LogP contribution in [0.15, 0.2) is 48.7 Å². The molecule has 1 aromatic heterocycles. The Morgan fingerprint density at radius 3 is 1.91 bits per heavy atom. The lowest BCUT2D eigenvalue weighted by Gasteiger charge is -2.33. The van der Waals surface area contributed by atoms with Crippen molar-refractivity contribution in [3.63, 3.8) is 0 Å². The van der Waals surface area contributed by atoms with Gasteiger partial charge in [-0.3, -0.25) is 9.78 Å². The maximum Gasteiger partial charge on any atom is 0.416 e. The summed E-state index contributed by atoms with van der Waals surface area (Å²) >= 11 is 0. The van der Waals surface area contributed by atoms with E-state index in [0.29, 0.717) is 47.4 Å². The van der Waals surface area contributed by atoms with Gasteiger partial charge in [-0.05, 0) is 86.7 Å². The van der Waals surface area contributed by atoms with E-state index in [1.807, 2.05) is 0 Å². The number of carbonyl (C=O) groups excluding carboxylic acids is 1. The molecule has 14 heteroatoms. The predicted molar refractivity (Wildman–Crippen MR) is 156 cm³/mol. The van der Waals surface area contributed by atoms with Crippen LogP contribution >= 0.6 is 0 Å². The molecule has 0 unspecified atom stereocenters. The van der Waals surface area contributed by atoms with Gasteiger partial charge in [0, 0.05) is 37.3 Å². The lowest BCUT2D eigenvalue weighted by atomic mass is 9.81. The van der Waals surface area contributed by atoms with Crippen LogP contribution in [0.2, 0.25) is 0 Å². The van der Waals surface area contributed by atoms with Crippen molar-refractivity contribution in [3.8, 4) is 11.1 Å². The molecule has 2 heterocycles. The highest BCUT2D eigenvalue weighted by Crippen LogP contribution is 2.41. The normalized spacial score (nSPS) is 15.7. The van der Waals surface area contributed by atoms with Gasteiger partial charge in [0.2, 0.25) is 15.9 Å². The number of anilines is 1. The molecular weight excluding hydrogens is 627 g/mol. The molecule has 3 aromatic rings. The van der Waals surface area contributed by atoms with Gasteiger partial charge >= 0.3 is 12.4 Å². The van der Waals surface area contributed by atoms with Crippen LogP contribution in [0.25, 0.3) is 11.1 Å². The fraction of sp³-hybridized carbons (Fsp3) is 0.419. The third-order valence-electron chi connectivity index (χ3n) is 8.23. The fourth-order valence-electron chi connectivity index (χ4n) is 5.55. The molecule has 0 spiro atoms. The number of halogens is 7. The molecule has 0 radical (unpaired) electrons. The van der Waals surface area contributed by atoms with Gasteiger partial charge in [0.25, 0.3) is 0 Å². The Balaban J connectivity index is 1.79. The van der Waals surface area contributed by atoms with Gasteiger partial charge in [0.15, 0.2) is 0 Å². The van der Waals surface area contributed by atoms with E-state index < -0.39 is 56.2 Å². The molecule has 1 aliphatic heterocycles. The number of likely N-dealkylation sites (N-methyl/N-ethyl adjacent to an activating group) is 1. The molecule has 0 bridgehead atoms. The van der Waals surface area contributed by atoms with Crippen molar-refractivity contribution >= 4 is 21.6 Å². The Bertz CT molecular complexity index is 1680. The third kappa shape index (κ3) is 7.32. The van der Waals surface area contributed by atoms with Crippen LogP contribution in [-0.2, 0) is 32.6 Å². The van der Waals surface area contributed by atoms with E-state index in [4.69, 9.17) is 0 Å². The quantitative estimate of drug-likeness (QED) is 0.260.